The molecule has 0 saturated heterocycles. The van der Waals surface area contributed by atoms with Crippen LogP contribution in [0.2, 0.25) is 0 Å². The van der Waals surface area contributed by atoms with E-state index in [0.717, 1.165) is 12.3 Å². The average Bonchev–Trinajstić information content (AvgIpc) is 1.95. The summed E-state index contributed by atoms with van der Waals surface area (Å²) >= 11 is 1.81. The Hall–Kier alpha value is 0.230. The zero-order chi connectivity index (χ0) is 10.3. The maximum absolute atomic E-state index is 9.87. The SMILES string of the molecule is CSCCNCC(C)(O)CN(C)C. The summed E-state index contributed by atoms with van der Waals surface area (Å²) in [5.74, 6) is 1.10. The molecule has 0 aromatic heterocycles. The second-order valence-electron chi connectivity index (χ2n) is 3.90. The summed E-state index contributed by atoms with van der Waals surface area (Å²) in [6.07, 6.45) is 2.08. The van der Waals surface area contributed by atoms with Crippen LogP contribution in [0.3, 0.4) is 0 Å². The largest absolute Gasteiger partial charge is 0.388 e. The first-order chi connectivity index (χ1) is 5.98. The summed E-state index contributed by atoms with van der Waals surface area (Å²) in [6, 6.07) is 0. The van der Waals surface area contributed by atoms with Crippen molar-refractivity contribution in [2.24, 2.45) is 0 Å². The van der Waals surface area contributed by atoms with Gasteiger partial charge in [0.1, 0.15) is 0 Å². The average molecular weight is 206 g/mol. The number of hydrogen-bond acceptors (Lipinski definition) is 4. The lowest BCUT2D eigenvalue weighted by atomic mass is 10.1. The number of likely N-dealkylation sites (N-methyl/N-ethyl adjacent to an activating group) is 1. The Morgan fingerprint density at radius 3 is 2.54 bits per heavy atom. The van der Waals surface area contributed by atoms with Gasteiger partial charge in [0.05, 0.1) is 5.60 Å². The molecule has 0 aromatic carbocycles. The molecule has 0 fully saturated rings. The van der Waals surface area contributed by atoms with Crippen LogP contribution in [-0.4, -0.2) is 61.3 Å². The molecular weight excluding hydrogens is 184 g/mol. The molecule has 1 unspecified atom stereocenters. The normalized spacial score (nSPS) is 16.2. The molecule has 0 radical (unpaired) electrons. The molecule has 0 aliphatic heterocycles. The van der Waals surface area contributed by atoms with E-state index in [-0.39, 0.29) is 0 Å². The quantitative estimate of drug-likeness (QED) is 0.586. The van der Waals surface area contributed by atoms with Crippen LogP contribution in [0.4, 0.5) is 0 Å². The monoisotopic (exact) mass is 206 g/mol. The van der Waals surface area contributed by atoms with Crippen LogP contribution in [0.25, 0.3) is 0 Å². The lowest BCUT2D eigenvalue weighted by molar-refractivity contribution is 0.0344. The predicted octanol–water partition coefficient (Wildman–Crippen LogP) is 0.252. The Bertz CT molecular complexity index is 129. The Kier molecular flexibility index (Phi) is 6.77. The van der Waals surface area contributed by atoms with Crippen molar-refractivity contribution in [2.75, 3.05) is 45.7 Å². The van der Waals surface area contributed by atoms with Crippen LogP contribution in [-0.2, 0) is 0 Å². The van der Waals surface area contributed by atoms with Gasteiger partial charge in [-0.1, -0.05) is 0 Å². The summed E-state index contributed by atoms with van der Waals surface area (Å²) in [7, 11) is 3.94. The Balaban J connectivity index is 3.50. The van der Waals surface area contributed by atoms with Gasteiger partial charge in [-0.05, 0) is 27.3 Å². The van der Waals surface area contributed by atoms with E-state index in [2.05, 4.69) is 11.6 Å². The molecular formula is C9H22N2OS. The molecule has 80 valence electrons. The first kappa shape index (κ1) is 13.2. The molecule has 0 rings (SSSR count). The Labute approximate surface area is 85.9 Å². The van der Waals surface area contributed by atoms with E-state index in [1.165, 1.54) is 0 Å². The van der Waals surface area contributed by atoms with Crippen LogP contribution >= 0.6 is 11.8 Å². The van der Waals surface area contributed by atoms with Crippen molar-refractivity contribution >= 4 is 11.8 Å². The molecule has 0 aromatic rings. The minimum Gasteiger partial charge on any atom is -0.388 e. The third-order valence-electron chi connectivity index (χ3n) is 1.65. The number of hydrogen-bond donors (Lipinski definition) is 2. The van der Waals surface area contributed by atoms with E-state index in [4.69, 9.17) is 0 Å². The molecule has 1 atom stereocenters. The molecule has 0 aliphatic carbocycles. The van der Waals surface area contributed by atoms with Crippen molar-refractivity contribution in [2.45, 2.75) is 12.5 Å². The second-order valence-corrected chi connectivity index (χ2v) is 4.89. The molecule has 0 saturated carbocycles. The highest BCUT2D eigenvalue weighted by molar-refractivity contribution is 7.98. The van der Waals surface area contributed by atoms with E-state index in [1.54, 1.807) is 0 Å². The van der Waals surface area contributed by atoms with Crippen molar-refractivity contribution in [3.8, 4) is 0 Å². The molecule has 0 bridgehead atoms. The number of rotatable bonds is 7. The van der Waals surface area contributed by atoms with Crippen LogP contribution in [0.5, 0.6) is 0 Å². The van der Waals surface area contributed by atoms with Gasteiger partial charge >= 0.3 is 0 Å². The maximum atomic E-state index is 9.87. The fourth-order valence-corrected chi connectivity index (χ4v) is 1.62. The molecule has 0 spiro atoms. The minimum absolute atomic E-state index is 0.623. The summed E-state index contributed by atoms with van der Waals surface area (Å²) in [4.78, 5) is 2.00. The van der Waals surface area contributed by atoms with E-state index < -0.39 is 5.60 Å². The predicted molar refractivity (Wildman–Crippen MR) is 60.4 cm³/mol. The van der Waals surface area contributed by atoms with Crippen LogP contribution in [0.15, 0.2) is 0 Å². The van der Waals surface area contributed by atoms with Gasteiger partial charge in [-0.3, -0.25) is 0 Å². The molecule has 13 heavy (non-hydrogen) atoms. The highest BCUT2D eigenvalue weighted by Crippen LogP contribution is 2.02. The lowest BCUT2D eigenvalue weighted by Gasteiger charge is -2.27. The Morgan fingerprint density at radius 1 is 1.46 bits per heavy atom. The molecule has 3 nitrogen and oxygen atoms in total. The van der Waals surface area contributed by atoms with Crippen LogP contribution < -0.4 is 5.32 Å². The van der Waals surface area contributed by atoms with Gasteiger partial charge in [-0.2, -0.15) is 11.8 Å². The number of aliphatic hydroxyl groups is 1. The summed E-state index contributed by atoms with van der Waals surface area (Å²) < 4.78 is 0. The minimum atomic E-state index is -0.623. The highest BCUT2D eigenvalue weighted by atomic mass is 32.2. The van der Waals surface area contributed by atoms with Gasteiger partial charge in [-0.25, -0.2) is 0 Å². The van der Waals surface area contributed by atoms with Gasteiger partial charge in [0.25, 0.3) is 0 Å². The highest BCUT2D eigenvalue weighted by Gasteiger charge is 2.20. The molecule has 0 heterocycles. The van der Waals surface area contributed by atoms with Gasteiger partial charge in [0.2, 0.25) is 0 Å². The first-order valence-electron chi connectivity index (χ1n) is 4.55. The zero-order valence-electron chi connectivity index (χ0n) is 9.13. The van der Waals surface area contributed by atoms with Gasteiger partial charge in [0, 0.05) is 25.4 Å². The topological polar surface area (TPSA) is 35.5 Å². The van der Waals surface area contributed by atoms with Crippen molar-refractivity contribution < 1.29 is 5.11 Å². The first-order valence-corrected chi connectivity index (χ1v) is 5.94. The maximum Gasteiger partial charge on any atom is 0.0869 e. The van der Waals surface area contributed by atoms with Crippen LogP contribution in [0, 0.1) is 0 Å². The summed E-state index contributed by atoms with van der Waals surface area (Å²) in [6.45, 7) is 4.18. The summed E-state index contributed by atoms with van der Waals surface area (Å²) in [5, 5.41) is 13.1. The molecule has 0 amide bonds. The van der Waals surface area contributed by atoms with E-state index in [9.17, 15) is 5.11 Å². The third kappa shape index (κ3) is 8.56. The number of nitrogens with zero attached hydrogens (tertiary/aromatic N) is 1. The van der Waals surface area contributed by atoms with Crippen molar-refractivity contribution in [3.63, 3.8) is 0 Å². The molecule has 4 heteroatoms. The van der Waals surface area contributed by atoms with Gasteiger partial charge < -0.3 is 15.3 Å². The third-order valence-corrected chi connectivity index (χ3v) is 2.26. The van der Waals surface area contributed by atoms with E-state index in [0.29, 0.717) is 13.1 Å². The fourth-order valence-electron chi connectivity index (χ4n) is 1.27. The van der Waals surface area contributed by atoms with Crippen molar-refractivity contribution in [1.82, 2.24) is 10.2 Å². The lowest BCUT2D eigenvalue weighted by Crippen LogP contribution is -2.45. The van der Waals surface area contributed by atoms with Crippen molar-refractivity contribution in [1.29, 1.82) is 0 Å². The standard InChI is InChI=1S/C9H22N2OS/c1-9(12,8-11(2)3)7-10-5-6-13-4/h10,12H,5-8H2,1-4H3. The smallest absolute Gasteiger partial charge is 0.0869 e. The number of nitrogens with one attached hydrogen (secondary N) is 1. The second kappa shape index (κ2) is 6.65. The summed E-state index contributed by atoms with van der Waals surface area (Å²) in [5.41, 5.74) is -0.623. The molecule has 0 aliphatic rings. The number of thioether (sulfide) groups is 1. The fraction of sp³-hybridized carbons (Fsp3) is 1.00. The van der Waals surface area contributed by atoms with Crippen LogP contribution in [0.1, 0.15) is 6.92 Å². The Morgan fingerprint density at radius 2 is 2.08 bits per heavy atom. The van der Waals surface area contributed by atoms with Gasteiger partial charge in [0.15, 0.2) is 0 Å². The zero-order valence-corrected chi connectivity index (χ0v) is 9.95. The van der Waals surface area contributed by atoms with E-state index in [1.807, 2.05) is 37.7 Å². The van der Waals surface area contributed by atoms with E-state index >= 15 is 0 Å². The van der Waals surface area contributed by atoms with Gasteiger partial charge in [-0.15, -0.1) is 0 Å². The van der Waals surface area contributed by atoms with Crippen molar-refractivity contribution in [3.05, 3.63) is 0 Å². The molecule has 2 N–H and O–H groups in total.